The van der Waals surface area contributed by atoms with Gasteiger partial charge in [-0.3, -0.25) is 4.79 Å². The Balaban J connectivity index is 1.87. The molecule has 0 radical (unpaired) electrons. The van der Waals surface area contributed by atoms with Gasteiger partial charge in [0.25, 0.3) is 0 Å². The van der Waals surface area contributed by atoms with Gasteiger partial charge in [0.1, 0.15) is 6.61 Å². The summed E-state index contributed by atoms with van der Waals surface area (Å²) in [5.41, 5.74) is 5.67. The first kappa shape index (κ1) is 24.7. The molecule has 32 heavy (non-hydrogen) atoms. The Morgan fingerprint density at radius 3 is 2.66 bits per heavy atom. The van der Waals surface area contributed by atoms with Gasteiger partial charge in [0.05, 0.1) is 18.3 Å². The molecular formula is C27H38O5. The third-order valence-corrected chi connectivity index (χ3v) is 6.32. The Labute approximate surface area is 192 Å². The fourth-order valence-corrected chi connectivity index (χ4v) is 4.72. The van der Waals surface area contributed by atoms with E-state index in [9.17, 15) is 9.90 Å². The van der Waals surface area contributed by atoms with E-state index in [0.717, 1.165) is 30.4 Å². The molecule has 5 nitrogen and oxygen atoms in total. The van der Waals surface area contributed by atoms with Crippen LogP contribution in [0.1, 0.15) is 67.2 Å². The zero-order chi connectivity index (χ0) is 23.5. The van der Waals surface area contributed by atoms with Gasteiger partial charge in [0.2, 0.25) is 5.79 Å². The second-order valence-electron chi connectivity index (χ2n) is 9.76. The van der Waals surface area contributed by atoms with Gasteiger partial charge in [-0.05, 0) is 83.6 Å². The van der Waals surface area contributed by atoms with E-state index in [1.807, 2.05) is 25.2 Å². The van der Waals surface area contributed by atoms with Crippen molar-refractivity contribution >= 4 is 5.97 Å². The van der Waals surface area contributed by atoms with Crippen molar-refractivity contribution in [2.24, 2.45) is 5.92 Å². The largest absolute Gasteiger partial charge is 0.461 e. The molecule has 0 aromatic heterocycles. The number of aliphatic hydroxyl groups excluding tert-OH is 1. The number of rotatable bonds is 6. The molecule has 1 spiro atoms. The lowest BCUT2D eigenvalue weighted by molar-refractivity contribution is -0.226. The number of allylic oxidation sites excluding steroid dienone is 3. The van der Waals surface area contributed by atoms with Crippen molar-refractivity contribution in [1.82, 2.24) is 0 Å². The molecule has 0 aromatic carbocycles. The Bertz CT molecular complexity index is 870. The number of hydrogen-bond acceptors (Lipinski definition) is 5. The van der Waals surface area contributed by atoms with Gasteiger partial charge in [-0.1, -0.05) is 34.9 Å². The van der Waals surface area contributed by atoms with Crippen LogP contribution in [0, 0.1) is 5.92 Å². The van der Waals surface area contributed by atoms with E-state index < -0.39 is 11.9 Å². The van der Waals surface area contributed by atoms with Crippen molar-refractivity contribution in [1.29, 1.82) is 0 Å². The minimum atomic E-state index is -1.00. The van der Waals surface area contributed by atoms with Gasteiger partial charge in [-0.25, -0.2) is 0 Å². The van der Waals surface area contributed by atoms with E-state index in [0.29, 0.717) is 6.42 Å². The van der Waals surface area contributed by atoms with Crippen LogP contribution >= 0.6 is 0 Å². The molecule has 2 heterocycles. The number of aliphatic hydroxyl groups is 1. The van der Waals surface area contributed by atoms with E-state index in [-0.39, 0.29) is 30.7 Å². The molecule has 0 saturated heterocycles. The molecule has 2 aliphatic heterocycles. The lowest BCUT2D eigenvalue weighted by atomic mass is 9.78. The minimum absolute atomic E-state index is 0.0438. The van der Waals surface area contributed by atoms with Crippen LogP contribution in [0.5, 0.6) is 0 Å². The maximum absolute atomic E-state index is 11.5. The van der Waals surface area contributed by atoms with Crippen LogP contribution in [0.15, 0.2) is 58.2 Å². The zero-order valence-electron chi connectivity index (χ0n) is 20.3. The molecule has 1 N–H and O–H groups in total. The summed E-state index contributed by atoms with van der Waals surface area (Å²) in [4.78, 5) is 11.5. The summed E-state index contributed by atoms with van der Waals surface area (Å²) in [7, 11) is 0. The fourth-order valence-electron chi connectivity index (χ4n) is 4.72. The summed E-state index contributed by atoms with van der Waals surface area (Å²) in [6.07, 6.45) is 13.0. The second-order valence-corrected chi connectivity index (χ2v) is 9.76. The first-order valence-electron chi connectivity index (χ1n) is 11.6. The molecule has 0 amide bonds. The van der Waals surface area contributed by atoms with Crippen molar-refractivity contribution in [3.8, 4) is 0 Å². The highest BCUT2D eigenvalue weighted by Gasteiger charge is 2.45. The van der Waals surface area contributed by atoms with E-state index in [2.05, 4.69) is 39.8 Å². The number of carbonyl (C=O) groups is 1. The van der Waals surface area contributed by atoms with E-state index in [1.165, 1.54) is 23.6 Å². The Morgan fingerprint density at radius 2 is 1.97 bits per heavy atom. The van der Waals surface area contributed by atoms with Crippen LogP contribution in [0.3, 0.4) is 0 Å². The molecule has 1 aliphatic carbocycles. The lowest BCUT2D eigenvalue weighted by Crippen LogP contribution is -2.49. The Morgan fingerprint density at radius 1 is 1.22 bits per heavy atom. The average Bonchev–Trinajstić information content (AvgIpc) is 2.66. The molecule has 0 saturated carbocycles. The van der Waals surface area contributed by atoms with Gasteiger partial charge < -0.3 is 19.3 Å². The normalized spacial score (nSPS) is 32.5. The number of fused-ring (bicyclic) bond motifs is 1. The van der Waals surface area contributed by atoms with Crippen LogP contribution in [0.4, 0.5) is 0 Å². The van der Waals surface area contributed by atoms with E-state index >= 15 is 0 Å². The van der Waals surface area contributed by atoms with Crippen LogP contribution in [0.2, 0.25) is 0 Å². The third-order valence-electron chi connectivity index (χ3n) is 6.32. The highest BCUT2D eigenvalue weighted by Crippen LogP contribution is 2.43. The molecule has 0 aromatic rings. The molecule has 3 aliphatic rings. The molecule has 5 atom stereocenters. The minimum Gasteiger partial charge on any atom is -0.461 e. The van der Waals surface area contributed by atoms with Crippen molar-refractivity contribution in [3.63, 3.8) is 0 Å². The highest BCUT2D eigenvalue weighted by molar-refractivity contribution is 5.66. The highest BCUT2D eigenvalue weighted by atomic mass is 16.7. The van der Waals surface area contributed by atoms with E-state index in [4.69, 9.17) is 14.2 Å². The summed E-state index contributed by atoms with van der Waals surface area (Å²) in [5, 5.41) is 10.4. The van der Waals surface area contributed by atoms with E-state index in [1.54, 1.807) is 0 Å². The maximum atomic E-state index is 11.5. The second kappa shape index (κ2) is 10.3. The van der Waals surface area contributed by atoms with Crippen LogP contribution in [0.25, 0.3) is 0 Å². The third kappa shape index (κ3) is 6.31. The summed E-state index contributed by atoms with van der Waals surface area (Å²) in [6, 6.07) is 0. The summed E-state index contributed by atoms with van der Waals surface area (Å²) >= 11 is 0. The van der Waals surface area contributed by atoms with Gasteiger partial charge in [-0.15, -0.1) is 0 Å². The molecule has 0 unspecified atom stereocenters. The van der Waals surface area contributed by atoms with Crippen molar-refractivity contribution < 1.29 is 24.1 Å². The molecule has 0 bridgehead atoms. The van der Waals surface area contributed by atoms with Crippen molar-refractivity contribution in [3.05, 3.63) is 58.2 Å². The fraction of sp³-hybridized carbons (Fsp3) is 0.593. The number of ether oxygens (including phenoxy) is 3. The predicted molar refractivity (Wildman–Crippen MR) is 126 cm³/mol. The molecule has 0 fully saturated rings. The van der Waals surface area contributed by atoms with Gasteiger partial charge in [0, 0.05) is 12.8 Å². The number of hydrogen-bond donors (Lipinski definition) is 1. The Kier molecular flexibility index (Phi) is 7.97. The van der Waals surface area contributed by atoms with Gasteiger partial charge in [0.15, 0.2) is 0 Å². The number of esters is 1. The van der Waals surface area contributed by atoms with Crippen molar-refractivity contribution in [2.75, 3.05) is 6.61 Å². The average molecular weight is 443 g/mol. The van der Waals surface area contributed by atoms with Crippen LogP contribution in [-0.2, 0) is 19.0 Å². The number of carbonyl (C=O) groups excluding carboxylic acids is 1. The summed E-state index contributed by atoms with van der Waals surface area (Å²) in [5.74, 6) is -1.37. The SMILES string of the molecule is CC(=O)OCC1=C[C@]2(C=C(C)C[C@@H](/C=C(\C)CCC=C(C)C)O2)O[C@@H]2C=C(C)[C@H](O)C[C@H]12. The quantitative estimate of drug-likeness (QED) is 0.445. The van der Waals surface area contributed by atoms with Gasteiger partial charge in [-0.2, -0.15) is 0 Å². The van der Waals surface area contributed by atoms with Crippen molar-refractivity contribution in [2.45, 2.75) is 91.3 Å². The standard InChI is InChI=1S/C27H38O5/c1-17(2)8-7-9-18(3)10-23-11-19(4)14-27(31-23)15-22(16-30-21(6)28)24-13-25(29)20(5)12-26(24)32-27/h8,10,12,14-15,23-26,29H,7,9,11,13,16H2,1-6H3/b18-10+/t23-,24-,25-,26-,27+/m1/s1. The summed E-state index contributed by atoms with van der Waals surface area (Å²) in [6.45, 7) is 12.0. The van der Waals surface area contributed by atoms with Crippen LogP contribution < -0.4 is 0 Å². The lowest BCUT2D eigenvalue weighted by Gasteiger charge is -2.46. The first-order valence-corrected chi connectivity index (χ1v) is 11.6. The van der Waals surface area contributed by atoms with Crippen LogP contribution in [-0.4, -0.2) is 41.8 Å². The summed E-state index contributed by atoms with van der Waals surface area (Å²) < 4.78 is 18.4. The Hall–Kier alpha value is -1.95. The predicted octanol–water partition coefficient (Wildman–Crippen LogP) is 5.33. The monoisotopic (exact) mass is 442 g/mol. The topological polar surface area (TPSA) is 65.0 Å². The van der Waals surface area contributed by atoms with Gasteiger partial charge >= 0.3 is 5.97 Å². The maximum Gasteiger partial charge on any atom is 0.302 e. The molecule has 3 rings (SSSR count). The molecule has 176 valence electrons. The zero-order valence-corrected chi connectivity index (χ0v) is 20.3. The molecule has 5 heteroatoms. The first-order chi connectivity index (χ1) is 15.1. The smallest absolute Gasteiger partial charge is 0.302 e. The molecular weight excluding hydrogens is 404 g/mol.